The molecule has 0 heterocycles. The summed E-state index contributed by atoms with van der Waals surface area (Å²) in [7, 11) is 3.48. The second-order valence-electron chi connectivity index (χ2n) is 4.14. The lowest BCUT2D eigenvalue weighted by atomic mass is 9.88. The Bertz CT molecular complexity index is 143. The molecule has 0 bridgehead atoms. The Hall–Kier alpha value is 0.335. The van der Waals surface area contributed by atoms with Crippen LogP contribution >= 0.6 is 12.6 Å². The zero-order chi connectivity index (χ0) is 10.5. The molecule has 1 radical (unpaired) electrons. The van der Waals surface area contributed by atoms with Crippen LogP contribution in [0.1, 0.15) is 27.7 Å². The highest BCUT2D eigenvalue weighted by Crippen LogP contribution is 2.30. The van der Waals surface area contributed by atoms with Crippen LogP contribution in [0.3, 0.4) is 0 Å². The van der Waals surface area contributed by atoms with Crippen molar-refractivity contribution in [2.75, 3.05) is 13.7 Å². The summed E-state index contributed by atoms with van der Waals surface area (Å²) < 4.78 is 10.4. The lowest BCUT2D eigenvalue weighted by molar-refractivity contribution is 0.0805. The fraction of sp³-hybridized carbons (Fsp3) is 1.00. The molecule has 4 heteroatoms. The number of ether oxygens (including phenoxy) is 1. The minimum Gasteiger partial charge on any atom is -0.434 e. The Labute approximate surface area is 88.1 Å². The molecule has 0 aliphatic heterocycles. The van der Waals surface area contributed by atoms with Gasteiger partial charge in [0.1, 0.15) is 0 Å². The standard InChI is InChI=1S/C9H20BO2S/c1-8(2,9(3,4)13)12-10-6-7-11-5/h13H,6-7H2,1-5H3. The van der Waals surface area contributed by atoms with Gasteiger partial charge in [-0.3, -0.25) is 0 Å². The minimum atomic E-state index is -0.260. The SMILES string of the molecule is COCC[B]OC(C)(C)C(C)(C)S. The Morgan fingerprint density at radius 2 is 1.77 bits per heavy atom. The molecule has 2 nitrogen and oxygen atoms in total. The predicted octanol–water partition coefficient (Wildman–Crippen LogP) is 2.17. The van der Waals surface area contributed by atoms with E-state index in [9.17, 15) is 0 Å². The van der Waals surface area contributed by atoms with Crippen molar-refractivity contribution in [3.8, 4) is 0 Å². The zero-order valence-corrected chi connectivity index (χ0v) is 10.1. The number of hydrogen-bond acceptors (Lipinski definition) is 3. The van der Waals surface area contributed by atoms with Crippen LogP contribution in [0.5, 0.6) is 0 Å². The molecule has 13 heavy (non-hydrogen) atoms. The molecule has 0 aromatic heterocycles. The van der Waals surface area contributed by atoms with Crippen molar-refractivity contribution in [1.82, 2.24) is 0 Å². The zero-order valence-electron chi connectivity index (χ0n) is 9.26. The number of rotatable bonds is 6. The van der Waals surface area contributed by atoms with Crippen LogP contribution < -0.4 is 0 Å². The molecule has 0 aromatic carbocycles. The molecule has 0 atom stereocenters. The van der Waals surface area contributed by atoms with E-state index in [1.54, 1.807) is 14.6 Å². The van der Waals surface area contributed by atoms with Gasteiger partial charge in [0.25, 0.3) is 7.48 Å². The third-order valence-electron chi connectivity index (χ3n) is 2.29. The summed E-state index contributed by atoms with van der Waals surface area (Å²) in [5.74, 6) is 0. The lowest BCUT2D eigenvalue weighted by Gasteiger charge is -2.38. The van der Waals surface area contributed by atoms with E-state index >= 15 is 0 Å². The Morgan fingerprint density at radius 1 is 1.23 bits per heavy atom. The van der Waals surface area contributed by atoms with Crippen LogP contribution in [-0.4, -0.2) is 31.5 Å². The molecule has 0 aliphatic rings. The molecule has 77 valence electrons. The third-order valence-corrected chi connectivity index (χ3v) is 2.83. The normalized spacial score (nSPS) is 13.1. The molecule has 0 N–H and O–H groups in total. The number of hydrogen-bond donors (Lipinski definition) is 1. The molecule has 0 saturated carbocycles. The van der Waals surface area contributed by atoms with Gasteiger partial charge in [-0.15, -0.1) is 0 Å². The quantitative estimate of drug-likeness (QED) is 0.405. The van der Waals surface area contributed by atoms with Gasteiger partial charge in [0.2, 0.25) is 0 Å². The van der Waals surface area contributed by atoms with Gasteiger partial charge in [-0.05, 0) is 34.0 Å². The summed E-state index contributed by atoms with van der Waals surface area (Å²) in [6, 6.07) is 0. The van der Waals surface area contributed by atoms with Crippen molar-refractivity contribution < 1.29 is 9.39 Å². The Balaban J connectivity index is 3.77. The highest BCUT2D eigenvalue weighted by Gasteiger charge is 2.34. The average Bonchev–Trinajstić information content (AvgIpc) is 1.96. The Kier molecular flexibility index (Phi) is 5.41. The smallest absolute Gasteiger partial charge is 0.295 e. The first-order chi connectivity index (χ1) is 5.81. The van der Waals surface area contributed by atoms with Crippen molar-refractivity contribution in [1.29, 1.82) is 0 Å². The van der Waals surface area contributed by atoms with E-state index in [1.165, 1.54) is 0 Å². The van der Waals surface area contributed by atoms with E-state index in [4.69, 9.17) is 9.39 Å². The van der Waals surface area contributed by atoms with E-state index in [0.717, 1.165) is 6.32 Å². The molecule has 0 unspecified atom stereocenters. The van der Waals surface area contributed by atoms with Crippen molar-refractivity contribution in [2.45, 2.75) is 44.4 Å². The molecular formula is C9H20BO2S. The van der Waals surface area contributed by atoms with Gasteiger partial charge in [0.05, 0.1) is 5.60 Å². The van der Waals surface area contributed by atoms with E-state index in [-0.39, 0.29) is 10.3 Å². The van der Waals surface area contributed by atoms with Gasteiger partial charge in [-0.25, -0.2) is 0 Å². The topological polar surface area (TPSA) is 18.5 Å². The molecule has 0 aromatic rings. The van der Waals surface area contributed by atoms with Gasteiger partial charge in [-0.1, -0.05) is 0 Å². The maximum atomic E-state index is 5.61. The van der Waals surface area contributed by atoms with Crippen LogP contribution in [0.25, 0.3) is 0 Å². The van der Waals surface area contributed by atoms with E-state index < -0.39 is 0 Å². The molecule has 0 rings (SSSR count). The highest BCUT2D eigenvalue weighted by molar-refractivity contribution is 7.81. The monoisotopic (exact) mass is 203 g/mol. The van der Waals surface area contributed by atoms with Crippen LogP contribution in [0.2, 0.25) is 6.32 Å². The number of thiol groups is 1. The minimum absolute atomic E-state index is 0.156. The molecule has 0 saturated heterocycles. The highest BCUT2D eigenvalue weighted by atomic mass is 32.1. The summed E-state index contributed by atoms with van der Waals surface area (Å²) in [6.07, 6.45) is 0.809. The fourth-order valence-corrected chi connectivity index (χ4v) is 0.630. The van der Waals surface area contributed by atoms with Gasteiger partial charge < -0.3 is 9.39 Å². The maximum Gasteiger partial charge on any atom is 0.295 e. The number of methoxy groups -OCH3 is 1. The first-order valence-corrected chi connectivity index (χ1v) is 4.97. The summed E-state index contributed by atoms with van der Waals surface area (Å²) in [4.78, 5) is 0. The van der Waals surface area contributed by atoms with Crippen molar-refractivity contribution in [3.63, 3.8) is 0 Å². The van der Waals surface area contributed by atoms with Crippen molar-refractivity contribution in [3.05, 3.63) is 0 Å². The first-order valence-electron chi connectivity index (χ1n) is 4.52. The molecule has 0 amide bonds. The molecule has 0 spiro atoms. The van der Waals surface area contributed by atoms with Gasteiger partial charge in [-0.2, -0.15) is 12.6 Å². The molecular weight excluding hydrogens is 183 g/mol. The van der Waals surface area contributed by atoms with Gasteiger partial charge in [0, 0.05) is 18.5 Å². The predicted molar refractivity (Wildman–Crippen MR) is 60.7 cm³/mol. The average molecular weight is 203 g/mol. The summed E-state index contributed by atoms with van der Waals surface area (Å²) in [5, 5.41) is 0. The summed E-state index contributed by atoms with van der Waals surface area (Å²) in [5.41, 5.74) is -0.260. The summed E-state index contributed by atoms with van der Waals surface area (Å²) >= 11 is 4.48. The van der Waals surface area contributed by atoms with Crippen LogP contribution in [0, 0.1) is 0 Å². The van der Waals surface area contributed by atoms with Crippen molar-refractivity contribution in [2.24, 2.45) is 0 Å². The van der Waals surface area contributed by atoms with Gasteiger partial charge >= 0.3 is 0 Å². The largest absolute Gasteiger partial charge is 0.434 e. The maximum absolute atomic E-state index is 5.61. The van der Waals surface area contributed by atoms with E-state index in [0.29, 0.717) is 6.61 Å². The van der Waals surface area contributed by atoms with Gasteiger partial charge in [0.15, 0.2) is 0 Å². The van der Waals surface area contributed by atoms with E-state index in [2.05, 4.69) is 12.6 Å². The van der Waals surface area contributed by atoms with Crippen LogP contribution in [0.4, 0.5) is 0 Å². The molecule has 0 aliphatic carbocycles. The van der Waals surface area contributed by atoms with Crippen molar-refractivity contribution >= 4 is 20.1 Å². The van der Waals surface area contributed by atoms with Crippen LogP contribution in [-0.2, 0) is 9.39 Å². The van der Waals surface area contributed by atoms with E-state index in [1.807, 2.05) is 27.7 Å². The third kappa shape index (κ3) is 4.94. The fourth-order valence-electron chi connectivity index (χ4n) is 0.577. The molecule has 0 fully saturated rings. The first kappa shape index (κ1) is 13.3. The summed E-state index contributed by atoms with van der Waals surface area (Å²) in [6.45, 7) is 8.84. The second kappa shape index (κ2) is 5.27. The Morgan fingerprint density at radius 3 is 2.15 bits per heavy atom. The lowest BCUT2D eigenvalue weighted by Crippen LogP contribution is -2.44. The second-order valence-corrected chi connectivity index (χ2v) is 5.25. The van der Waals surface area contributed by atoms with Crippen LogP contribution in [0.15, 0.2) is 0 Å².